The van der Waals surface area contributed by atoms with Gasteiger partial charge in [0.1, 0.15) is 5.82 Å². The number of aliphatic hydroxyl groups is 1. The molecule has 3 N–H and O–H groups in total. The van der Waals surface area contributed by atoms with Gasteiger partial charge in [0.2, 0.25) is 0 Å². The molecule has 1 aromatic heterocycles. The Balaban J connectivity index is 2.16. The number of urea groups is 1. The van der Waals surface area contributed by atoms with E-state index in [4.69, 9.17) is 5.11 Å². The first-order valence-corrected chi connectivity index (χ1v) is 7.49. The fraction of sp³-hybridized carbons (Fsp3) is 0.375. The lowest BCUT2D eigenvalue weighted by Gasteiger charge is -2.22. The van der Waals surface area contributed by atoms with Gasteiger partial charge in [-0.05, 0) is 36.6 Å². The smallest absolute Gasteiger partial charge is 0.319 e. The van der Waals surface area contributed by atoms with Crippen molar-refractivity contribution in [2.45, 2.75) is 26.3 Å². The van der Waals surface area contributed by atoms with E-state index in [0.29, 0.717) is 17.8 Å². The number of aromatic nitrogens is 2. The van der Waals surface area contributed by atoms with Crippen LogP contribution in [0.15, 0.2) is 36.7 Å². The molecule has 124 valence electrons. The molecular weight excluding hydrogens is 299 g/mol. The summed E-state index contributed by atoms with van der Waals surface area (Å²) in [5.74, 6) is -0.280. The van der Waals surface area contributed by atoms with Gasteiger partial charge in [-0.2, -0.15) is 5.10 Å². The average molecular weight is 320 g/mol. The summed E-state index contributed by atoms with van der Waals surface area (Å²) in [4.78, 5) is 12.2. The summed E-state index contributed by atoms with van der Waals surface area (Å²) in [6.07, 6.45) is 3.77. The van der Waals surface area contributed by atoms with Crippen molar-refractivity contribution in [3.05, 3.63) is 42.5 Å². The van der Waals surface area contributed by atoms with E-state index in [1.807, 2.05) is 13.8 Å². The van der Waals surface area contributed by atoms with Gasteiger partial charge in [-0.25, -0.2) is 13.9 Å². The van der Waals surface area contributed by atoms with Crippen molar-refractivity contribution in [2.75, 3.05) is 11.9 Å². The fourth-order valence-corrected chi connectivity index (χ4v) is 2.26. The molecule has 0 aliphatic heterocycles. The van der Waals surface area contributed by atoms with Gasteiger partial charge in [-0.15, -0.1) is 0 Å². The molecule has 23 heavy (non-hydrogen) atoms. The number of aliphatic hydroxyl groups excluding tert-OH is 1. The van der Waals surface area contributed by atoms with Gasteiger partial charge in [0.05, 0.1) is 11.4 Å². The number of benzene rings is 1. The number of nitrogens with one attached hydrogen (secondary N) is 2. The van der Waals surface area contributed by atoms with Crippen LogP contribution in [0.3, 0.4) is 0 Å². The van der Waals surface area contributed by atoms with Gasteiger partial charge in [0, 0.05) is 25.0 Å². The molecule has 0 radical (unpaired) electrons. The minimum Gasteiger partial charge on any atom is -0.396 e. The maximum Gasteiger partial charge on any atom is 0.319 e. The van der Waals surface area contributed by atoms with Crippen LogP contribution >= 0.6 is 0 Å². The molecule has 7 heteroatoms. The van der Waals surface area contributed by atoms with Crippen molar-refractivity contribution in [3.8, 4) is 5.69 Å². The molecule has 6 nitrogen and oxygen atoms in total. The molecule has 2 aromatic rings. The number of rotatable bonds is 6. The molecule has 1 aromatic carbocycles. The van der Waals surface area contributed by atoms with Gasteiger partial charge in [0.25, 0.3) is 0 Å². The van der Waals surface area contributed by atoms with E-state index in [1.165, 1.54) is 12.1 Å². The topological polar surface area (TPSA) is 79.2 Å². The van der Waals surface area contributed by atoms with E-state index >= 15 is 0 Å². The van der Waals surface area contributed by atoms with Crippen LogP contribution in [0, 0.1) is 11.7 Å². The van der Waals surface area contributed by atoms with Crippen LogP contribution in [0.2, 0.25) is 0 Å². The molecule has 0 saturated carbocycles. The lowest BCUT2D eigenvalue weighted by atomic mass is 10.0. The lowest BCUT2D eigenvalue weighted by Crippen LogP contribution is -2.41. The number of anilines is 1. The van der Waals surface area contributed by atoms with Crippen LogP contribution < -0.4 is 10.6 Å². The highest BCUT2D eigenvalue weighted by Gasteiger charge is 2.17. The molecule has 0 fully saturated rings. The Morgan fingerprint density at radius 3 is 2.83 bits per heavy atom. The number of carbonyl (C=O) groups is 1. The van der Waals surface area contributed by atoms with E-state index < -0.39 is 11.8 Å². The maximum atomic E-state index is 13.5. The van der Waals surface area contributed by atoms with Crippen molar-refractivity contribution in [3.63, 3.8) is 0 Å². The Morgan fingerprint density at radius 1 is 1.43 bits per heavy atom. The molecule has 1 atom stereocenters. The Bertz CT molecular complexity index is 644. The monoisotopic (exact) mass is 320 g/mol. The predicted octanol–water partition coefficient (Wildman–Crippen LogP) is 2.54. The lowest BCUT2D eigenvalue weighted by molar-refractivity contribution is 0.227. The molecule has 0 spiro atoms. The van der Waals surface area contributed by atoms with E-state index in [2.05, 4.69) is 15.7 Å². The van der Waals surface area contributed by atoms with Gasteiger partial charge in [-0.1, -0.05) is 13.8 Å². The zero-order valence-corrected chi connectivity index (χ0v) is 13.2. The number of nitrogens with zero attached hydrogens (tertiary/aromatic N) is 2. The number of hydrogen-bond donors (Lipinski definition) is 3. The highest BCUT2D eigenvalue weighted by Crippen LogP contribution is 2.21. The van der Waals surface area contributed by atoms with Gasteiger partial charge in [0.15, 0.2) is 0 Å². The Morgan fingerprint density at radius 2 is 2.22 bits per heavy atom. The van der Waals surface area contributed by atoms with Crippen LogP contribution in [-0.4, -0.2) is 33.6 Å². The van der Waals surface area contributed by atoms with Gasteiger partial charge in [-0.3, -0.25) is 0 Å². The summed E-state index contributed by atoms with van der Waals surface area (Å²) in [6, 6.07) is 5.22. The molecule has 1 heterocycles. The van der Waals surface area contributed by atoms with Gasteiger partial charge >= 0.3 is 6.03 Å². The molecule has 0 aliphatic carbocycles. The van der Waals surface area contributed by atoms with Crippen LogP contribution in [0.5, 0.6) is 0 Å². The first-order chi connectivity index (χ1) is 11.0. The van der Waals surface area contributed by atoms with E-state index in [-0.39, 0.29) is 18.6 Å². The van der Waals surface area contributed by atoms with Crippen molar-refractivity contribution >= 4 is 11.7 Å². The first kappa shape index (κ1) is 17.0. The van der Waals surface area contributed by atoms with Crippen molar-refractivity contribution < 1.29 is 14.3 Å². The average Bonchev–Trinajstić information content (AvgIpc) is 3.00. The summed E-state index contributed by atoms with van der Waals surface area (Å²) in [6.45, 7) is 3.90. The zero-order valence-electron chi connectivity index (χ0n) is 13.2. The van der Waals surface area contributed by atoms with Crippen LogP contribution in [0.25, 0.3) is 5.69 Å². The highest BCUT2D eigenvalue weighted by atomic mass is 19.1. The van der Waals surface area contributed by atoms with Crippen LogP contribution in [-0.2, 0) is 0 Å². The third-order valence-corrected chi connectivity index (χ3v) is 3.52. The normalized spacial score (nSPS) is 12.2. The number of halogens is 1. The number of carbonyl (C=O) groups excluding carboxylic acids is 1. The fourth-order valence-electron chi connectivity index (χ4n) is 2.26. The zero-order chi connectivity index (χ0) is 16.8. The van der Waals surface area contributed by atoms with Gasteiger partial charge < -0.3 is 15.7 Å². The SMILES string of the molecule is CC(C)[C@H](CCO)NC(=O)Nc1cc(F)ccc1-n1cccn1. The standard InChI is InChI=1S/C16H21FN4O2/c1-11(2)13(6-9-22)19-16(23)20-14-10-12(17)4-5-15(14)21-8-3-7-18-21/h3-5,7-8,10-11,13,22H,6,9H2,1-2H3,(H2,19,20,23)/t13-/m0/s1. The second-order valence-corrected chi connectivity index (χ2v) is 5.57. The molecular formula is C16H21FN4O2. The number of amides is 2. The Kier molecular flexibility index (Phi) is 5.70. The van der Waals surface area contributed by atoms with Crippen molar-refractivity contribution in [2.24, 2.45) is 5.92 Å². The molecule has 0 unspecified atom stereocenters. The highest BCUT2D eigenvalue weighted by molar-refractivity contribution is 5.91. The summed E-state index contributed by atoms with van der Waals surface area (Å²) in [7, 11) is 0. The Labute approximate surface area is 134 Å². The maximum absolute atomic E-state index is 13.5. The van der Waals surface area contributed by atoms with Crippen molar-refractivity contribution in [1.29, 1.82) is 0 Å². The minimum absolute atomic E-state index is 0.0123. The van der Waals surface area contributed by atoms with E-state index in [9.17, 15) is 9.18 Å². The number of hydrogen-bond acceptors (Lipinski definition) is 3. The quantitative estimate of drug-likeness (QED) is 0.765. The van der Waals surface area contributed by atoms with E-state index in [1.54, 1.807) is 29.2 Å². The summed E-state index contributed by atoms with van der Waals surface area (Å²) >= 11 is 0. The Hall–Kier alpha value is -2.41. The summed E-state index contributed by atoms with van der Waals surface area (Å²) < 4.78 is 15.1. The minimum atomic E-state index is -0.452. The second-order valence-electron chi connectivity index (χ2n) is 5.57. The molecule has 0 bridgehead atoms. The van der Waals surface area contributed by atoms with Crippen molar-refractivity contribution in [1.82, 2.24) is 15.1 Å². The summed E-state index contributed by atoms with van der Waals surface area (Å²) in [5.41, 5.74) is 0.882. The largest absolute Gasteiger partial charge is 0.396 e. The third kappa shape index (κ3) is 4.53. The molecule has 0 aliphatic rings. The van der Waals surface area contributed by atoms with Crippen LogP contribution in [0.4, 0.5) is 14.9 Å². The van der Waals surface area contributed by atoms with E-state index in [0.717, 1.165) is 0 Å². The second kappa shape index (κ2) is 7.73. The molecule has 0 saturated heterocycles. The summed E-state index contributed by atoms with van der Waals surface area (Å²) in [5, 5.41) is 18.6. The molecule has 2 amide bonds. The first-order valence-electron chi connectivity index (χ1n) is 7.49. The van der Waals surface area contributed by atoms with Crippen LogP contribution in [0.1, 0.15) is 20.3 Å². The third-order valence-electron chi connectivity index (χ3n) is 3.52. The predicted molar refractivity (Wildman–Crippen MR) is 86.0 cm³/mol. The molecule has 2 rings (SSSR count).